The van der Waals surface area contributed by atoms with Crippen molar-refractivity contribution < 1.29 is 14.3 Å². The van der Waals surface area contributed by atoms with Crippen molar-refractivity contribution >= 4 is 11.7 Å². The van der Waals surface area contributed by atoms with Crippen LogP contribution in [0.2, 0.25) is 0 Å². The van der Waals surface area contributed by atoms with E-state index >= 15 is 0 Å². The number of amides is 1. The number of ketones is 1. The Hall–Kier alpha value is -2.62. The first-order chi connectivity index (χ1) is 13.0. The Morgan fingerprint density at radius 3 is 2.22 bits per heavy atom. The third-order valence-corrected chi connectivity index (χ3v) is 5.19. The topological polar surface area (TPSA) is 46.6 Å². The summed E-state index contributed by atoms with van der Waals surface area (Å²) in [5.74, 6) is 1.35. The summed E-state index contributed by atoms with van der Waals surface area (Å²) in [7, 11) is 0. The van der Waals surface area contributed by atoms with Crippen LogP contribution in [0, 0.1) is 5.92 Å². The third-order valence-electron chi connectivity index (χ3n) is 5.19. The smallest absolute Gasteiger partial charge is 0.260 e. The van der Waals surface area contributed by atoms with Crippen LogP contribution in [-0.4, -0.2) is 36.3 Å². The summed E-state index contributed by atoms with van der Waals surface area (Å²) in [6.45, 7) is 5.55. The second kappa shape index (κ2) is 8.85. The van der Waals surface area contributed by atoms with Gasteiger partial charge in [-0.25, -0.2) is 0 Å². The van der Waals surface area contributed by atoms with Gasteiger partial charge in [0.1, 0.15) is 5.75 Å². The summed E-state index contributed by atoms with van der Waals surface area (Å²) in [5, 5.41) is 0. The van der Waals surface area contributed by atoms with Crippen LogP contribution in [0.3, 0.4) is 0 Å². The molecule has 1 heterocycles. The molecule has 4 nitrogen and oxygen atoms in total. The number of carbonyl (C=O) groups is 2. The first-order valence-electron chi connectivity index (χ1n) is 9.64. The van der Waals surface area contributed by atoms with Crippen LogP contribution in [-0.2, 0) is 4.79 Å². The van der Waals surface area contributed by atoms with E-state index in [9.17, 15) is 9.59 Å². The number of rotatable bonds is 6. The molecule has 0 bridgehead atoms. The van der Waals surface area contributed by atoms with Gasteiger partial charge in [-0.15, -0.1) is 0 Å². The van der Waals surface area contributed by atoms with E-state index in [1.54, 1.807) is 4.90 Å². The SMILES string of the molecule is CC(C)c1ccc(OCC(=O)N2CCC(C(=O)c3ccccc3)CC2)cc1. The van der Waals surface area contributed by atoms with E-state index in [4.69, 9.17) is 4.74 Å². The zero-order valence-electron chi connectivity index (χ0n) is 16.1. The van der Waals surface area contributed by atoms with Crippen molar-refractivity contribution in [3.63, 3.8) is 0 Å². The van der Waals surface area contributed by atoms with Crippen LogP contribution < -0.4 is 4.74 Å². The van der Waals surface area contributed by atoms with Gasteiger partial charge in [-0.3, -0.25) is 9.59 Å². The quantitative estimate of drug-likeness (QED) is 0.717. The molecule has 1 fully saturated rings. The van der Waals surface area contributed by atoms with E-state index in [0.717, 1.165) is 5.56 Å². The molecule has 0 spiro atoms. The van der Waals surface area contributed by atoms with Gasteiger partial charge in [0.2, 0.25) is 0 Å². The maximum Gasteiger partial charge on any atom is 0.260 e. The third kappa shape index (κ3) is 4.97. The average molecular weight is 365 g/mol. The Morgan fingerprint density at radius 1 is 1.00 bits per heavy atom. The highest BCUT2D eigenvalue weighted by molar-refractivity contribution is 5.98. The van der Waals surface area contributed by atoms with E-state index in [1.165, 1.54) is 5.56 Å². The molecule has 1 aliphatic rings. The van der Waals surface area contributed by atoms with Crippen molar-refractivity contribution in [2.24, 2.45) is 5.92 Å². The molecule has 27 heavy (non-hydrogen) atoms. The molecule has 142 valence electrons. The molecule has 0 unspecified atom stereocenters. The highest BCUT2D eigenvalue weighted by atomic mass is 16.5. The van der Waals surface area contributed by atoms with Crippen molar-refractivity contribution in [1.29, 1.82) is 0 Å². The van der Waals surface area contributed by atoms with Crippen LogP contribution >= 0.6 is 0 Å². The number of Topliss-reactive ketones (excluding diaryl/α,β-unsaturated/α-hetero) is 1. The predicted octanol–water partition coefficient (Wildman–Crippen LogP) is 4.31. The van der Waals surface area contributed by atoms with E-state index in [-0.39, 0.29) is 24.2 Å². The van der Waals surface area contributed by atoms with Crippen molar-refractivity contribution in [2.75, 3.05) is 19.7 Å². The number of nitrogens with zero attached hydrogens (tertiary/aromatic N) is 1. The maximum atomic E-state index is 12.5. The molecular weight excluding hydrogens is 338 g/mol. The van der Waals surface area contributed by atoms with Crippen LogP contribution in [0.1, 0.15) is 48.5 Å². The lowest BCUT2D eigenvalue weighted by molar-refractivity contribution is -0.134. The van der Waals surface area contributed by atoms with Gasteiger partial charge < -0.3 is 9.64 Å². The molecular formula is C23H27NO3. The lowest BCUT2D eigenvalue weighted by Crippen LogP contribution is -2.42. The van der Waals surface area contributed by atoms with Gasteiger partial charge in [0.05, 0.1) is 0 Å². The molecule has 0 aromatic heterocycles. The number of likely N-dealkylation sites (tertiary alicyclic amines) is 1. The lowest BCUT2D eigenvalue weighted by atomic mass is 9.89. The number of carbonyl (C=O) groups excluding carboxylic acids is 2. The molecule has 3 rings (SSSR count). The largest absolute Gasteiger partial charge is 0.484 e. The standard InChI is InChI=1S/C23H27NO3/c1-17(2)18-8-10-21(11-9-18)27-16-22(25)24-14-12-20(13-15-24)23(26)19-6-4-3-5-7-19/h3-11,17,20H,12-16H2,1-2H3. The Bertz CT molecular complexity index is 760. The van der Waals surface area contributed by atoms with Crippen molar-refractivity contribution in [3.8, 4) is 5.75 Å². The highest BCUT2D eigenvalue weighted by Crippen LogP contribution is 2.22. The molecule has 0 aliphatic carbocycles. The minimum Gasteiger partial charge on any atom is -0.484 e. The zero-order chi connectivity index (χ0) is 19.2. The van der Waals surface area contributed by atoms with Gasteiger partial charge in [0.25, 0.3) is 5.91 Å². The number of hydrogen-bond donors (Lipinski definition) is 0. The second-order valence-corrected chi connectivity index (χ2v) is 7.40. The fourth-order valence-corrected chi connectivity index (χ4v) is 3.41. The molecule has 4 heteroatoms. The van der Waals surface area contributed by atoms with Gasteiger partial charge in [0.15, 0.2) is 12.4 Å². The fourth-order valence-electron chi connectivity index (χ4n) is 3.41. The second-order valence-electron chi connectivity index (χ2n) is 7.40. The molecule has 1 saturated heterocycles. The minimum atomic E-state index is -0.0199. The van der Waals surface area contributed by atoms with Gasteiger partial charge in [-0.2, -0.15) is 0 Å². The Kier molecular flexibility index (Phi) is 6.28. The fraction of sp³-hybridized carbons (Fsp3) is 0.391. The zero-order valence-corrected chi connectivity index (χ0v) is 16.1. The van der Waals surface area contributed by atoms with E-state index < -0.39 is 0 Å². The van der Waals surface area contributed by atoms with Crippen LogP contribution in [0.15, 0.2) is 54.6 Å². The van der Waals surface area contributed by atoms with Crippen molar-refractivity contribution in [2.45, 2.75) is 32.6 Å². The van der Waals surface area contributed by atoms with E-state index in [2.05, 4.69) is 13.8 Å². The molecule has 2 aromatic rings. The summed E-state index contributed by atoms with van der Waals surface area (Å²) < 4.78 is 5.64. The Balaban J connectivity index is 1.46. The number of piperidine rings is 1. The summed E-state index contributed by atoms with van der Waals surface area (Å²) in [6, 6.07) is 17.3. The Morgan fingerprint density at radius 2 is 1.63 bits per heavy atom. The van der Waals surface area contributed by atoms with Gasteiger partial charge >= 0.3 is 0 Å². The monoisotopic (exact) mass is 365 g/mol. The number of benzene rings is 2. The summed E-state index contributed by atoms with van der Waals surface area (Å²) in [5.41, 5.74) is 2.01. The molecule has 1 aliphatic heterocycles. The first-order valence-corrected chi connectivity index (χ1v) is 9.64. The minimum absolute atomic E-state index is 0.000876. The first kappa shape index (κ1) is 19.2. The van der Waals surface area contributed by atoms with Gasteiger partial charge in [0, 0.05) is 24.6 Å². The summed E-state index contributed by atoms with van der Waals surface area (Å²) in [4.78, 5) is 26.7. The van der Waals surface area contributed by atoms with E-state index in [0.29, 0.717) is 37.6 Å². The van der Waals surface area contributed by atoms with Crippen LogP contribution in [0.25, 0.3) is 0 Å². The molecule has 1 amide bonds. The van der Waals surface area contributed by atoms with Gasteiger partial charge in [-0.05, 0) is 36.5 Å². The molecule has 2 aromatic carbocycles. The predicted molar refractivity (Wildman–Crippen MR) is 106 cm³/mol. The maximum absolute atomic E-state index is 12.5. The Labute approximate surface area is 161 Å². The molecule has 0 radical (unpaired) electrons. The highest BCUT2D eigenvalue weighted by Gasteiger charge is 2.27. The van der Waals surface area contributed by atoms with Crippen LogP contribution in [0.5, 0.6) is 5.75 Å². The van der Waals surface area contributed by atoms with Crippen molar-refractivity contribution in [1.82, 2.24) is 4.90 Å². The van der Waals surface area contributed by atoms with Gasteiger partial charge in [-0.1, -0.05) is 56.3 Å². The molecule has 0 atom stereocenters. The lowest BCUT2D eigenvalue weighted by Gasteiger charge is -2.31. The van der Waals surface area contributed by atoms with Crippen LogP contribution in [0.4, 0.5) is 0 Å². The molecule has 0 N–H and O–H groups in total. The number of ether oxygens (including phenoxy) is 1. The normalized spacial score (nSPS) is 15.0. The number of hydrogen-bond acceptors (Lipinski definition) is 3. The van der Waals surface area contributed by atoms with Crippen molar-refractivity contribution in [3.05, 3.63) is 65.7 Å². The summed E-state index contributed by atoms with van der Waals surface area (Å²) >= 11 is 0. The summed E-state index contributed by atoms with van der Waals surface area (Å²) in [6.07, 6.45) is 1.42. The average Bonchev–Trinajstić information content (AvgIpc) is 2.72. The van der Waals surface area contributed by atoms with E-state index in [1.807, 2.05) is 54.6 Å². The molecule has 0 saturated carbocycles.